The molecule has 0 fully saturated rings. The summed E-state index contributed by atoms with van der Waals surface area (Å²) in [5.74, 6) is -0.616. The van der Waals surface area contributed by atoms with Crippen molar-refractivity contribution in [3.63, 3.8) is 0 Å². The summed E-state index contributed by atoms with van der Waals surface area (Å²) in [5.41, 5.74) is 7.18. The third-order valence-electron chi connectivity index (χ3n) is 2.49. The van der Waals surface area contributed by atoms with Crippen LogP contribution in [0.15, 0.2) is 42.6 Å². The molecular weight excluding hydrogens is 230 g/mol. The Kier molecular flexibility index (Phi) is 3.64. The molecule has 0 aliphatic heterocycles. The van der Waals surface area contributed by atoms with Crippen molar-refractivity contribution < 1.29 is 9.90 Å². The summed E-state index contributed by atoms with van der Waals surface area (Å²) in [7, 11) is 0. The number of aromatic nitrogens is 2. The largest absolute Gasteiger partial charge is 0.480 e. The molecule has 3 N–H and O–H groups in total. The van der Waals surface area contributed by atoms with Crippen molar-refractivity contribution in [2.45, 2.75) is 12.5 Å². The Balaban J connectivity index is 2.23. The molecule has 0 aliphatic rings. The SMILES string of the molecule is NC(Cc1nccc(-c2ccccc2)n1)C(=O)O. The van der Waals surface area contributed by atoms with E-state index in [4.69, 9.17) is 10.8 Å². The maximum Gasteiger partial charge on any atom is 0.320 e. The lowest BCUT2D eigenvalue weighted by molar-refractivity contribution is -0.138. The predicted molar refractivity (Wildman–Crippen MR) is 66.8 cm³/mol. The number of nitrogens with zero attached hydrogens (tertiary/aromatic N) is 2. The first kappa shape index (κ1) is 12.2. The molecule has 1 unspecified atom stereocenters. The minimum Gasteiger partial charge on any atom is -0.480 e. The van der Waals surface area contributed by atoms with Crippen LogP contribution >= 0.6 is 0 Å². The van der Waals surface area contributed by atoms with E-state index in [0.29, 0.717) is 5.82 Å². The van der Waals surface area contributed by atoms with Gasteiger partial charge in [-0.1, -0.05) is 30.3 Å². The molecule has 1 heterocycles. The minimum absolute atomic E-state index is 0.121. The Morgan fingerprint density at radius 1 is 1.28 bits per heavy atom. The number of benzene rings is 1. The molecule has 2 aromatic rings. The maximum absolute atomic E-state index is 10.7. The van der Waals surface area contributed by atoms with Crippen LogP contribution in [-0.2, 0) is 11.2 Å². The smallest absolute Gasteiger partial charge is 0.320 e. The van der Waals surface area contributed by atoms with E-state index >= 15 is 0 Å². The molecule has 18 heavy (non-hydrogen) atoms. The van der Waals surface area contributed by atoms with E-state index in [1.54, 1.807) is 12.3 Å². The van der Waals surface area contributed by atoms with Crippen LogP contribution in [0, 0.1) is 0 Å². The second-order valence-corrected chi connectivity index (χ2v) is 3.87. The third kappa shape index (κ3) is 2.89. The number of carboxylic acids is 1. The molecular formula is C13H13N3O2. The highest BCUT2D eigenvalue weighted by Crippen LogP contribution is 2.15. The highest BCUT2D eigenvalue weighted by Gasteiger charge is 2.14. The van der Waals surface area contributed by atoms with E-state index in [-0.39, 0.29) is 6.42 Å². The van der Waals surface area contributed by atoms with E-state index in [2.05, 4.69) is 9.97 Å². The van der Waals surface area contributed by atoms with Crippen molar-refractivity contribution in [1.29, 1.82) is 0 Å². The summed E-state index contributed by atoms with van der Waals surface area (Å²) in [6.45, 7) is 0. The molecule has 92 valence electrons. The van der Waals surface area contributed by atoms with Crippen LogP contribution in [0.5, 0.6) is 0 Å². The Morgan fingerprint density at radius 3 is 2.67 bits per heavy atom. The van der Waals surface area contributed by atoms with Gasteiger partial charge in [-0.3, -0.25) is 4.79 Å². The van der Waals surface area contributed by atoms with Crippen LogP contribution in [0.4, 0.5) is 0 Å². The summed E-state index contributed by atoms with van der Waals surface area (Å²) in [6.07, 6.45) is 1.73. The number of hydrogen-bond donors (Lipinski definition) is 2. The van der Waals surface area contributed by atoms with Crippen molar-refractivity contribution in [2.24, 2.45) is 5.73 Å². The van der Waals surface area contributed by atoms with E-state index in [0.717, 1.165) is 11.3 Å². The van der Waals surface area contributed by atoms with Gasteiger partial charge in [-0.05, 0) is 6.07 Å². The van der Waals surface area contributed by atoms with Gasteiger partial charge in [0.1, 0.15) is 11.9 Å². The molecule has 5 nitrogen and oxygen atoms in total. The van der Waals surface area contributed by atoms with Crippen LogP contribution in [0.3, 0.4) is 0 Å². The quantitative estimate of drug-likeness (QED) is 0.839. The molecule has 1 aromatic carbocycles. The zero-order chi connectivity index (χ0) is 13.0. The van der Waals surface area contributed by atoms with Crippen LogP contribution < -0.4 is 5.73 Å². The van der Waals surface area contributed by atoms with Crippen LogP contribution in [0.2, 0.25) is 0 Å². The van der Waals surface area contributed by atoms with Gasteiger partial charge in [-0.2, -0.15) is 0 Å². The highest BCUT2D eigenvalue weighted by molar-refractivity contribution is 5.73. The number of carbonyl (C=O) groups is 1. The number of rotatable bonds is 4. The van der Waals surface area contributed by atoms with Gasteiger partial charge in [0.25, 0.3) is 0 Å². The first-order valence-electron chi connectivity index (χ1n) is 5.52. The van der Waals surface area contributed by atoms with Gasteiger partial charge < -0.3 is 10.8 Å². The Morgan fingerprint density at radius 2 is 2.00 bits per heavy atom. The van der Waals surface area contributed by atoms with Gasteiger partial charge in [0, 0.05) is 18.2 Å². The second kappa shape index (κ2) is 5.37. The van der Waals surface area contributed by atoms with Crippen LogP contribution in [-0.4, -0.2) is 27.1 Å². The van der Waals surface area contributed by atoms with E-state index in [1.807, 2.05) is 30.3 Å². The number of nitrogens with two attached hydrogens (primary N) is 1. The first-order valence-corrected chi connectivity index (χ1v) is 5.52. The molecule has 5 heteroatoms. The lowest BCUT2D eigenvalue weighted by atomic mass is 10.1. The summed E-state index contributed by atoms with van der Waals surface area (Å²) >= 11 is 0. The summed E-state index contributed by atoms with van der Waals surface area (Å²) < 4.78 is 0. The zero-order valence-electron chi connectivity index (χ0n) is 9.65. The standard InChI is InChI=1S/C13H13N3O2/c14-10(13(17)18)8-12-15-7-6-11(16-12)9-4-2-1-3-5-9/h1-7,10H,8,14H2,(H,17,18). The number of aliphatic carboxylic acids is 1. The van der Waals surface area contributed by atoms with E-state index < -0.39 is 12.0 Å². The Hall–Kier alpha value is -2.27. The van der Waals surface area contributed by atoms with Gasteiger partial charge in [-0.15, -0.1) is 0 Å². The van der Waals surface area contributed by atoms with Crippen LogP contribution in [0.1, 0.15) is 5.82 Å². The summed E-state index contributed by atoms with van der Waals surface area (Å²) in [5, 5.41) is 8.75. The highest BCUT2D eigenvalue weighted by atomic mass is 16.4. The third-order valence-corrected chi connectivity index (χ3v) is 2.49. The van der Waals surface area contributed by atoms with Gasteiger partial charge >= 0.3 is 5.97 Å². The first-order chi connectivity index (χ1) is 8.66. The van der Waals surface area contributed by atoms with Crippen molar-refractivity contribution in [3.05, 3.63) is 48.4 Å². The minimum atomic E-state index is -1.05. The Bertz CT molecular complexity index is 543. The van der Waals surface area contributed by atoms with Gasteiger partial charge in [-0.25, -0.2) is 9.97 Å². The second-order valence-electron chi connectivity index (χ2n) is 3.87. The normalized spacial score (nSPS) is 12.1. The van der Waals surface area contributed by atoms with Gasteiger partial charge in [0.2, 0.25) is 0 Å². The van der Waals surface area contributed by atoms with Gasteiger partial charge in [0.15, 0.2) is 0 Å². The molecule has 0 saturated carbocycles. The Labute approximate surface area is 104 Å². The monoisotopic (exact) mass is 243 g/mol. The fraction of sp³-hybridized carbons (Fsp3) is 0.154. The molecule has 0 aliphatic carbocycles. The summed E-state index contributed by atoms with van der Waals surface area (Å²) in [6, 6.07) is 10.4. The lowest BCUT2D eigenvalue weighted by Gasteiger charge is -2.06. The molecule has 0 radical (unpaired) electrons. The topological polar surface area (TPSA) is 89.1 Å². The van der Waals surface area contributed by atoms with Crippen molar-refractivity contribution in [1.82, 2.24) is 9.97 Å². The van der Waals surface area contributed by atoms with Crippen molar-refractivity contribution in [2.75, 3.05) is 0 Å². The average molecular weight is 243 g/mol. The number of carboxylic acid groups (broad SMARTS) is 1. The average Bonchev–Trinajstić information content (AvgIpc) is 2.40. The summed E-state index contributed by atoms with van der Waals surface area (Å²) in [4.78, 5) is 19.0. The van der Waals surface area contributed by atoms with Crippen LogP contribution in [0.25, 0.3) is 11.3 Å². The zero-order valence-corrected chi connectivity index (χ0v) is 9.65. The van der Waals surface area contributed by atoms with Crippen molar-refractivity contribution in [3.8, 4) is 11.3 Å². The molecule has 0 bridgehead atoms. The van der Waals surface area contributed by atoms with Gasteiger partial charge in [0.05, 0.1) is 5.69 Å². The molecule has 2 rings (SSSR count). The fourth-order valence-corrected chi connectivity index (χ4v) is 1.55. The molecule has 1 aromatic heterocycles. The maximum atomic E-state index is 10.7. The van der Waals surface area contributed by atoms with E-state index in [9.17, 15) is 4.79 Å². The fourth-order valence-electron chi connectivity index (χ4n) is 1.55. The molecule has 0 amide bonds. The predicted octanol–water partition coefficient (Wildman–Crippen LogP) is 1.10. The van der Waals surface area contributed by atoms with Crippen molar-refractivity contribution >= 4 is 5.97 Å². The number of hydrogen-bond acceptors (Lipinski definition) is 4. The lowest BCUT2D eigenvalue weighted by Crippen LogP contribution is -2.32. The molecule has 0 spiro atoms. The molecule has 1 atom stereocenters. The van der Waals surface area contributed by atoms with E-state index in [1.165, 1.54) is 0 Å². The molecule has 0 saturated heterocycles.